The highest BCUT2D eigenvalue weighted by Crippen LogP contribution is 2.34. The van der Waals surface area contributed by atoms with Crippen LogP contribution >= 0.6 is 0 Å². The Kier molecular flexibility index (Phi) is 4.88. The zero-order chi connectivity index (χ0) is 19.1. The number of ether oxygens (including phenoxy) is 2. The molecule has 2 aliphatic heterocycles. The largest absolute Gasteiger partial charge is 0.573 e. The lowest BCUT2D eigenvalue weighted by Gasteiger charge is -2.25. The Bertz CT molecular complexity index is 799. The summed E-state index contributed by atoms with van der Waals surface area (Å²) in [6, 6.07) is 4.08. The molecule has 3 rings (SSSR count). The molecule has 1 aromatic rings. The molecule has 0 aliphatic carbocycles. The monoisotopic (exact) mass is 394 g/mol. The molecule has 0 spiro atoms. The van der Waals surface area contributed by atoms with Crippen LogP contribution in [0.1, 0.15) is 6.42 Å². The third-order valence-corrected chi connectivity index (χ3v) is 6.31. The SMILES string of the molecule is CN1C(=O)CCO[C@H]2CN(S(=O)(=O)c3ccccc3OC(F)(F)F)C[C@@H]21. The van der Waals surface area contributed by atoms with Gasteiger partial charge in [0, 0.05) is 20.1 Å². The summed E-state index contributed by atoms with van der Waals surface area (Å²) < 4.78 is 73.9. The smallest absolute Gasteiger partial charge is 0.404 e. The van der Waals surface area contributed by atoms with Crippen LogP contribution in [0.25, 0.3) is 0 Å². The van der Waals surface area contributed by atoms with Crippen molar-refractivity contribution in [1.82, 2.24) is 9.21 Å². The van der Waals surface area contributed by atoms with Crippen LogP contribution in [0, 0.1) is 0 Å². The molecule has 7 nitrogen and oxygen atoms in total. The first kappa shape index (κ1) is 18.9. The lowest BCUT2D eigenvalue weighted by Crippen LogP contribution is -2.43. The van der Waals surface area contributed by atoms with E-state index >= 15 is 0 Å². The van der Waals surface area contributed by atoms with Crippen LogP contribution in [0.3, 0.4) is 0 Å². The summed E-state index contributed by atoms with van der Waals surface area (Å²) >= 11 is 0. The van der Waals surface area contributed by atoms with Crippen LogP contribution in [-0.2, 0) is 19.6 Å². The van der Waals surface area contributed by atoms with E-state index in [0.717, 1.165) is 16.4 Å². The van der Waals surface area contributed by atoms with Crippen molar-refractivity contribution in [1.29, 1.82) is 0 Å². The van der Waals surface area contributed by atoms with Crippen LogP contribution in [0.15, 0.2) is 29.2 Å². The molecule has 11 heteroatoms. The van der Waals surface area contributed by atoms with Crippen LogP contribution < -0.4 is 4.74 Å². The van der Waals surface area contributed by atoms with Gasteiger partial charge in [-0.05, 0) is 12.1 Å². The fraction of sp³-hybridized carbons (Fsp3) is 0.533. The highest BCUT2D eigenvalue weighted by Gasteiger charge is 2.45. The van der Waals surface area contributed by atoms with Gasteiger partial charge in [-0.25, -0.2) is 8.42 Å². The van der Waals surface area contributed by atoms with Gasteiger partial charge in [0.2, 0.25) is 15.9 Å². The zero-order valence-corrected chi connectivity index (χ0v) is 14.6. The van der Waals surface area contributed by atoms with E-state index in [2.05, 4.69) is 4.74 Å². The summed E-state index contributed by atoms with van der Waals surface area (Å²) in [4.78, 5) is 12.8. The van der Waals surface area contributed by atoms with Gasteiger partial charge in [0.1, 0.15) is 10.6 Å². The molecule has 1 amide bonds. The molecule has 2 atom stereocenters. The second-order valence-corrected chi connectivity index (χ2v) is 7.95. The van der Waals surface area contributed by atoms with Crippen molar-refractivity contribution in [3.8, 4) is 5.75 Å². The summed E-state index contributed by atoms with van der Waals surface area (Å²) in [5, 5.41) is 0. The van der Waals surface area contributed by atoms with Crippen molar-refractivity contribution in [2.24, 2.45) is 0 Å². The maximum atomic E-state index is 12.9. The van der Waals surface area contributed by atoms with E-state index in [-0.39, 0.29) is 32.0 Å². The topological polar surface area (TPSA) is 76.2 Å². The number of fused-ring (bicyclic) bond motifs is 1. The van der Waals surface area contributed by atoms with Crippen molar-refractivity contribution in [2.45, 2.75) is 29.8 Å². The molecule has 0 saturated carbocycles. The normalized spacial score (nSPS) is 25.1. The molecule has 2 aliphatic rings. The first-order valence-corrected chi connectivity index (χ1v) is 9.26. The van der Waals surface area contributed by atoms with Gasteiger partial charge in [0.25, 0.3) is 0 Å². The number of rotatable bonds is 3. The standard InChI is InChI=1S/C15H17F3N2O5S/c1-19-10-8-20(9-12(10)24-7-6-14(19)21)26(22,23)13-5-3-2-4-11(13)25-15(16,17)18/h2-5,10,12H,6-9H2,1H3/t10-,12-/m0/s1. The second-order valence-electron chi connectivity index (χ2n) is 6.05. The number of sulfonamides is 1. The first-order valence-electron chi connectivity index (χ1n) is 7.82. The molecule has 0 aromatic heterocycles. The van der Waals surface area contributed by atoms with E-state index in [0.29, 0.717) is 0 Å². The lowest BCUT2D eigenvalue weighted by atomic mass is 10.2. The summed E-state index contributed by atoms with van der Waals surface area (Å²) in [6.07, 6.45) is -5.34. The Morgan fingerprint density at radius 1 is 1.23 bits per heavy atom. The van der Waals surface area contributed by atoms with E-state index in [1.807, 2.05) is 0 Å². The van der Waals surface area contributed by atoms with Crippen LogP contribution in [0.4, 0.5) is 13.2 Å². The maximum absolute atomic E-state index is 12.9. The molecular weight excluding hydrogens is 377 g/mol. The Balaban J connectivity index is 1.90. The minimum absolute atomic E-state index is 0.0506. The highest BCUT2D eigenvalue weighted by molar-refractivity contribution is 7.89. The predicted molar refractivity (Wildman–Crippen MR) is 82.8 cm³/mol. The average Bonchev–Trinajstić information content (AvgIpc) is 2.92. The quantitative estimate of drug-likeness (QED) is 0.770. The zero-order valence-electron chi connectivity index (χ0n) is 13.8. The molecular formula is C15H17F3N2O5S. The number of likely N-dealkylation sites (N-methyl/N-ethyl adjacent to an activating group) is 1. The number of hydrogen-bond acceptors (Lipinski definition) is 5. The van der Waals surface area contributed by atoms with Crippen molar-refractivity contribution >= 4 is 15.9 Å². The Morgan fingerprint density at radius 2 is 1.92 bits per heavy atom. The molecule has 1 aromatic carbocycles. The number of carbonyl (C=O) groups excluding carboxylic acids is 1. The highest BCUT2D eigenvalue weighted by atomic mass is 32.2. The van der Waals surface area contributed by atoms with Gasteiger partial charge in [-0.3, -0.25) is 4.79 Å². The number of nitrogens with zero attached hydrogens (tertiary/aromatic N) is 2. The van der Waals surface area contributed by atoms with E-state index in [1.165, 1.54) is 17.0 Å². The lowest BCUT2D eigenvalue weighted by molar-refractivity contribution is -0.275. The van der Waals surface area contributed by atoms with Crippen molar-refractivity contribution < 1.29 is 35.9 Å². The predicted octanol–water partition coefficient (Wildman–Crippen LogP) is 1.21. The van der Waals surface area contributed by atoms with Gasteiger partial charge in [-0.15, -0.1) is 13.2 Å². The maximum Gasteiger partial charge on any atom is 0.573 e. The minimum Gasteiger partial charge on any atom is -0.404 e. The van der Waals surface area contributed by atoms with Gasteiger partial charge < -0.3 is 14.4 Å². The summed E-state index contributed by atoms with van der Waals surface area (Å²) in [5.41, 5.74) is 0. The first-order chi connectivity index (χ1) is 12.1. The Labute approximate surface area is 148 Å². The minimum atomic E-state index is -5.02. The molecule has 0 bridgehead atoms. The van der Waals surface area contributed by atoms with E-state index in [4.69, 9.17) is 4.74 Å². The molecule has 0 radical (unpaired) electrons. The molecule has 0 N–H and O–H groups in total. The van der Waals surface area contributed by atoms with E-state index in [9.17, 15) is 26.4 Å². The van der Waals surface area contributed by atoms with E-state index in [1.54, 1.807) is 7.05 Å². The van der Waals surface area contributed by atoms with Crippen molar-refractivity contribution in [3.63, 3.8) is 0 Å². The van der Waals surface area contributed by atoms with Crippen molar-refractivity contribution in [3.05, 3.63) is 24.3 Å². The Morgan fingerprint density at radius 3 is 2.62 bits per heavy atom. The molecule has 2 heterocycles. The number of hydrogen-bond donors (Lipinski definition) is 0. The van der Waals surface area contributed by atoms with Gasteiger partial charge >= 0.3 is 6.36 Å². The van der Waals surface area contributed by atoms with Gasteiger partial charge in [0.05, 0.1) is 25.2 Å². The average molecular weight is 394 g/mol. The number of para-hydroxylation sites is 1. The molecule has 0 unspecified atom stereocenters. The molecule has 26 heavy (non-hydrogen) atoms. The van der Waals surface area contributed by atoms with Crippen LogP contribution in [-0.4, -0.2) is 68.8 Å². The molecule has 2 fully saturated rings. The third-order valence-electron chi connectivity index (χ3n) is 4.43. The molecule has 2 saturated heterocycles. The second kappa shape index (κ2) is 6.71. The van der Waals surface area contributed by atoms with Gasteiger partial charge in [-0.2, -0.15) is 4.31 Å². The summed E-state index contributed by atoms with van der Waals surface area (Å²) in [6.45, 7) is 0.0621. The number of amides is 1. The number of benzene rings is 1. The van der Waals surface area contributed by atoms with Gasteiger partial charge in [0.15, 0.2) is 0 Å². The van der Waals surface area contributed by atoms with Crippen LogP contribution in [0.2, 0.25) is 0 Å². The third kappa shape index (κ3) is 3.64. The van der Waals surface area contributed by atoms with Crippen molar-refractivity contribution in [2.75, 3.05) is 26.7 Å². The number of halogens is 3. The van der Waals surface area contributed by atoms with Gasteiger partial charge in [-0.1, -0.05) is 12.1 Å². The van der Waals surface area contributed by atoms with E-state index < -0.39 is 39.2 Å². The summed E-state index contributed by atoms with van der Waals surface area (Å²) in [7, 11) is -2.70. The molecule has 144 valence electrons. The fourth-order valence-corrected chi connectivity index (χ4v) is 4.71. The summed E-state index contributed by atoms with van der Waals surface area (Å²) in [5.74, 6) is -0.963. The number of alkyl halides is 3. The fourth-order valence-electron chi connectivity index (χ4n) is 3.13. The number of carbonyl (C=O) groups is 1. The Hall–Kier alpha value is -1.85. The van der Waals surface area contributed by atoms with Crippen LogP contribution in [0.5, 0.6) is 5.75 Å².